The summed E-state index contributed by atoms with van der Waals surface area (Å²) in [6.45, 7) is 0. The van der Waals surface area contributed by atoms with Crippen LogP contribution in [0.15, 0.2) is 40.9 Å². The normalized spacial score (nSPS) is 9.89. The summed E-state index contributed by atoms with van der Waals surface area (Å²) in [6, 6.07) is 11.2. The molecule has 5 heteroatoms. The zero-order chi connectivity index (χ0) is 13.1. The van der Waals surface area contributed by atoms with Gasteiger partial charge in [0.15, 0.2) is 11.6 Å². The van der Waals surface area contributed by atoms with Crippen molar-refractivity contribution in [2.24, 2.45) is 0 Å². The second kappa shape index (κ2) is 5.15. The maximum absolute atomic E-state index is 13.6. The van der Waals surface area contributed by atoms with Gasteiger partial charge >= 0.3 is 0 Å². The van der Waals surface area contributed by atoms with Crippen molar-refractivity contribution in [1.29, 1.82) is 5.26 Å². The summed E-state index contributed by atoms with van der Waals surface area (Å²) in [5, 5.41) is 11.3. The van der Waals surface area contributed by atoms with Crippen molar-refractivity contribution in [1.82, 2.24) is 0 Å². The lowest BCUT2D eigenvalue weighted by atomic mass is 10.2. The standard InChI is InChI=1S/C13H7BrF2N2/c14-9-2-1-3-10(6-9)18-11-5-4-8(7-17)12(15)13(11)16/h1-6,18H. The van der Waals surface area contributed by atoms with Crippen LogP contribution >= 0.6 is 15.9 Å². The average molecular weight is 309 g/mol. The first-order valence-corrected chi connectivity index (χ1v) is 5.82. The van der Waals surface area contributed by atoms with E-state index >= 15 is 0 Å². The first-order valence-electron chi connectivity index (χ1n) is 5.02. The Hall–Kier alpha value is -1.93. The second-order valence-corrected chi connectivity index (χ2v) is 4.45. The molecular formula is C13H7BrF2N2. The van der Waals surface area contributed by atoms with Crippen LogP contribution in [0.1, 0.15) is 5.56 Å². The number of rotatable bonds is 2. The highest BCUT2D eigenvalue weighted by molar-refractivity contribution is 9.10. The number of hydrogen-bond acceptors (Lipinski definition) is 2. The number of nitriles is 1. The Labute approximate surface area is 111 Å². The molecule has 0 aliphatic heterocycles. The minimum Gasteiger partial charge on any atom is -0.353 e. The number of anilines is 2. The summed E-state index contributed by atoms with van der Waals surface area (Å²) in [5.74, 6) is -2.20. The lowest BCUT2D eigenvalue weighted by molar-refractivity contribution is 0.509. The van der Waals surface area contributed by atoms with Gasteiger partial charge in [-0.05, 0) is 30.3 Å². The van der Waals surface area contributed by atoms with E-state index in [4.69, 9.17) is 5.26 Å². The van der Waals surface area contributed by atoms with Gasteiger partial charge in [0.2, 0.25) is 0 Å². The van der Waals surface area contributed by atoms with E-state index < -0.39 is 11.6 Å². The van der Waals surface area contributed by atoms with Gasteiger partial charge in [0.05, 0.1) is 11.3 Å². The monoisotopic (exact) mass is 308 g/mol. The van der Waals surface area contributed by atoms with Gasteiger partial charge in [0, 0.05) is 10.2 Å². The van der Waals surface area contributed by atoms with Crippen LogP contribution in [0.5, 0.6) is 0 Å². The van der Waals surface area contributed by atoms with Crippen molar-refractivity contribution in [2.45, 2.75) is 0 Å². The van der Waals surface area contributed by atoms with Gasteiger partial charge in [-0.1, -0.05) is 22.0 Å². The Kier molecular flexibility index (Phi) is 3.58. The number of nitrogens with zero attached hydrogens (tertiary/aromatic N) is 1. The van der Waals surface area contributed by atoms with E-state index in [1.165, 1.54) is 12.1 Å². The Morgan fingerprint density at radius 3 is 2.56 bits per heavy atom. The number of benzene rings is 2. The van der Waals surface area contributed by atoms with E-state index in [1.807, 2.05) is 6.07 Å². The van der Waals surface area contributed by atoms with Crippen molar-refractivity contribution in [3.05, 3.63) is 58.1 Å². The van der Waals surface area contributed by atoms with Crippen molar-refractivity contribution in [3.63, 3.8) is 0 Å². The third-order valence-corrected chi connectivity index (χ3v) is 2.80. The number of nitrogens with one attached hydrogen (secondary N) is 1. The maximum Gasteiger partial charge on any atom is 0.183 e. The fourth-order valence-corrected chi connectivity index (χ4v) is 1.85. The van der Waals surface area contributed by atoms with E-state index in [-0.39, 0.29) is 11.3 Å². The minimum atomic E-state index is -1.14. The van der Waals surface area contributed by atoms with Crippen molar-refractivity contribution in [2.75, 3.05) is 5.32 Å². The molecule has 2 aromatic carbocycles. The SMILES string of the molecule is N#Cc1ccc(Nc2cccc(Br)c2)c(F)c1F. The highest BCUT2D eigenvalue weighted by Gasteiger charge is 2.13. The molecule has 0 radical (unpaired) electrons. The Bertz CT molecular complexity index is 635. The van der Waals surface area contributed by atoms with Crippen LogP contribution in [0.4, 0.5) is 20.2 Å². The molecule has 0 heterocycles. The van der Waals surface area contributed by atoms with Crippen LogP contribution < -0.4 is 5.32 Å². The molecule has 18 heavy (non-hydrogen) atoms. The molecule has 0 saturated carbocycles. The Morgan fingerprint density at radius 2 is 1.89 bits per heavy atom. The number of hydrogen-bond donors (Lipinski definition) is 1. The zero-order valence-corrected chi connectivity index (χ0v) is 10.6. The lowest BCUT2D eigenvalue weighted by Gasteiger charge is -2.08. The van der Waals surface area contributed by atoms with E-state index in [1.54, 1.807) is 24.3 Å². The molecule has 2 aromatic rings. The van der Waals surface area contributed by atoms with Crippen LogP contribution in [0, 0.1) is 23.0 Å². The summed E-state index contributed by atoms with van der Waals surface area (Å²) >= 11 is 3.28. The lowest BCUT2D eigenvalue weighted by Crippen LogP contribution is -1.98. The molecule has 0 bridgehead atoms. The molecule has 0 fully saturated rings. The zero-order valence-electron chi connectivity index (χ0n) is 9.05. The summed E-state index contributed by atoms with van der Waals surface area (Å²) in [7, 11) is 0. The minimum absolute atomic E-state index is 0.00963. The first kappa shape index (κ1) is 12.5. The van der Waals surface area contributed by atoms with Gasteiger partial charge < -0.3 is 5.32 Å². The quantitative estimate of drug-likeness (QED) is 0.895. The molecule has 0 unspecified atom stereocenters. The Balaban J connectivity index is 2.36. The summed E-state index contributed by atoms with van der Waals surface area (Å²) in [5.41, 5.74) is 0.296. The van der Waals surface area contributed by atoms with Crippen LogP contribution in [-0.4, -0.2) is 0 Å². The molecule has 2 nitrogen and oxygen atoms in total. The third-order valence-electron chi connectivity index (χ3n) is 2.31. The number of halogens is 3. The van der Waals surface area contributed by atoms with Crippen LogP contribution in [0.3, 0.4) is 0 Å². The molecule has 2 rings (SSSR count). The molecule has 0 aromatic heterocycles. The molecule has 90 valence electrons. The highest BCUT2D eigenvalue weighted by atomic mass is 79.9. The van der Waals surface area contributed by atoms with Gasteiger partial charge in [0.1, 0.15) is 6.07 Å². The third kappa shape index (κ3) is 2.49. The van der Waals surface area contributed by atoms with Crippen LogP contribution in [0.25, 0.3) is 0 Å². The molecule has 0 spiro atoms. The molecular weight excluding hydrogens is 302 g/mol. The summed E-state index contributed by atoms with van der Waals surface area (Å²) < 4.78 is 27.9. The Morgan fingerprint density at radius 1 is 1.11 bits per heavy atom. The topological polar surface area (TPSA) is 35.8 Å². The molecule has 0 aliphatic carbocycles. The molecule has 0 saturated heterocycles. The van der Waals surface area contributed by atoms with E-state index in [2.05, 4.69) is 21.2 Å². The highest BCUT2D eigenvalue weighted by Crippen LogP contribution is 2.25. The van der Waals surface area contributed by atoms with Crippen molar-refractivity contribution < 1.29 is 8.78 Å². The second-order valence-electron chi connectivity index (χ2n) is 3.54. The van der Waals surface area contributed by atoms with Crippen molar-refractivity contribution in [3.8, 4) is 6.07 Å². The average Bonchev–Trinajstić information content (AvgIpc) is 2.35. The maximum atomic E-state index is 13.6. The van der Waals surface area contributed by atoms with Gasteiger partial charge in [0.25, 0.3) is 0 Å². The fourth-order valence-electron chi connectivity index (χ4n) is 1.45. The van der Waals surface area contributed by atoms with Crippen molar-refractivity contribution >= 4 is 27.3 Å². The first-order chi connectivity index (χ1) is 8.61. The van der Waals surface area contributed by atoms with Gasteiger partial charge in [-0.2, -0.15) is 5.26 Å². The van der Waals surface area contributed by atoms with E-state index in [0.717, 1.165) is 4.47 Å². The van der Waals surface area contributed by atoms with E-state index in [9.17, 15) is 8.78 Å². The smallest absolute Gasteiger partial charge is 0.183 e. The fraction of sp³-hybridized carbons (Fsp3) is 0. The molecule has 0 atom stereocenters. The largest absolute Gasteiger partial charge is 0.353 e. The van der Waals surface area contributed by atoms with Crippen LogP contribution in [0.2, 0.25) is 0 Å². The summed E-state index contributed by atoms with van der Waals surface area (Å²) in [4.78, 5) is 0. The van der Waals surface area contributed by atoms with E-state index in [0.29, 0.717) is 5.69 Å². The molecule has 1 N–H and O–H groups in total. The molecule has 0 amide bonds. The van der Waals surface area contributed by atoms with Gasteiger partial charge in [-0.15, -0.1) is 0 Å². The predicted molar refractivity (Wildman–Crippen MR) is 68.5 cm³/mol. The van der Waals surface area contributed by atoms with Gasteiger partial charge in [-0.3, -0.25) is 0 Å². The van der Waals surface area contributed by atoms with Gasteiger partial charge in [-0.25, -0.2) is 8.78 Å². The predicted octanol–water partition coefficient (Wildman–Crippen LogP) is 4.34. The van der Waals surface area contributed by atoms with Crippen LogP contribution in [-0.2, 0) is 0 Å². The molecule has 0 aliphatic rings. The summed E-state index contributed by atoms with van der Waals surface area (Å²) in [6.07, 6.45) is 0.